The predicted molar refractivity (Wildman–Crippen MR) is 127 cm³/mol. The summed E-state index contributed by atoms with van der Waals surface area (Å²) in [6.45, 7) is 4.64. The van der Waals surface area contributed by atoms with Crippen LogP contribution >= 0.6 is 0 Å². The Morgan fingerprint density at radius 2 is 1.85 bits per heavy atom. The van der Waals surface area contributed by atoms with Crippen LogP contribution in [0.1, 0.15) is 17.0 Å². The van der Waals surface area contributed by atoms with E-state index in [9.17, 15) is 18.5 Å². The van der Waals surface area contributed by atoms with Gasteiger partial charge in [0, 0.05) is 30.8 Å². The molecule has 178 valence electrons. The minimum absolute atomic E-state index is 0.138. The number of nitrogens with zero attached hydrogens (tertiary/aromatic N) is 5. The van der Waals surface area contributed by atoms with Gasteiger partial charge in [0.1, 0.15) is 4.90 Å². The summed E-state index contributed by atoms with van der Waals surface area (Å²) in [6.07, 6.45) is 1.56. The summed E-state index contributed by atoms with van der Waals surface area (Å²) in [4.78, 5) is 10.4. The van der Waals surface area contributed by atoms with Crippen molar-refractivity contribution >= 4 is 27.6 Å². The summed E-state index contributed by atoms with van der Waals surface area (Å²) < 4.78 is 34.7. The van der Waals surface area contributed by atoms with Gasteiger partial charge in [0.2, 0.25) is 10.0 Å². The van der Waals surface area contributed by atoms with E-state index in [4.69, 9.17) is 4.74 Å². The number of para-hydroxylation sites is 1. The third-order valence-electron chi connectivity index (χ3n) is 5.49. The molecule has 1 aliphatic heterocycles. The van der Waals surface area contributed by atoms with E-state index in [0.29, 0.717) is 0 Å². The van der Waals surface area contributed by atoms with Crippen LogP contribution in [0.2, 0.25) is 0 Å². The lowest BCUT2D eigenvalue weighted by Crippen LogP contribution is -2.40. The molecule has 2 heterocycles. The molecule has 0 aliphatic carbocycles. The van der Waals surface area contributed by atoms with Gasteiger partial charge >= 0.3 is 0 Å². The Morgan fingerprint density at radius 1 is 1.15 bits per heavy atom. The number of aryl methyl sites for hydroxylation is 1. The quantitative estimate of drug-likeness (QED) is 0.310. The Labute approximate surface area is 196 Å². The molecule has 1 saturated heterocycles. The number of nitro groups is 1. The van der Waals surface area contributed by atoms with Gasteiger partial charge in [0.05, 0.1) is 47.1 Å². The van der Waals surface area contributed by atoms with Crippen LogP contribution in [-0.4, -0.2) is 59.9 Å². The number of sulfonamides is 1. The largest absolute Gasteiger partial charge is 0.379 e. The van der Waals surface area contributed by atoms with Gasteiger partial charge in [0.15, 0.2) is 0 Å². The van der Waals surface area contributed by atoms with E-state index in [1.54, 1.807) is 10.9 Å². The van der Waals surface area contributed by atoms with Crippen molar-refractivity contribution in [2.24, 2.45) is 5.10 Å². The average molecular weight is 485 g/mol. The number of non-ortho nitro benzene ring substituents is 1. The molecule has 0 unspecified atom stereocenters. The van der Waals surface area contributed by atoms with Crippen molar-refractivity contribution in [3.05, 3.63) is 75.6 Å². The van der Waals surface area contributed by atoms with E-state index in [1.807, 2.05) is 44.2 Å². The van der Waals surface area contributed by atoms with Gasteiger partial charge in [-0.05, 0) is 32.0 Å². The SMILES string of the molecule is Cc1nn(-c2ccccc2)c(C)c1/C=N/Nc1ccc([N+](=O)[O-])cc1S(=O)(=O)N1CCOCC1. The van der Waals surface area contributed by atoms with Crippen molar-refractivity contribution in [1.82, 2.24) is 14.1 Å². The van der Waals surface area contributed by atoms with Crippen molar-refractivity contribution in [2.75, 3.05) is 31.7 Å². The fraction of sp³-hybridized carbons (Fsp3) is 0.273. The van der Waals surface area contributed by atoms with E-state index in [1.165, 1.54) is 16.4 Å². The highest BCUT2D eigenvalue weighted by molar-refractivity contribution is 7.89. The van der Waals surface area contributed by atoms with Crippen LogP contribution in [0.15, 0.2) is 58.5 Å². The monoisotopic (exact) mass is 484 g/mol. The number of hydrazone groups is 1. The summed E-state index contributed by atoms with van der Waals surface area (Å²) in [7, 11) is -4.00. The molecule has 1 N–H and O–H groups in total. The third-order valence-corrected chi connectivity index (χ3v) is 7.43. The summed E-state index contributed by atoms with van der Waals surface area (Å²) in [5.41, 5.74) is 5.85. The Bertz CT molecular complexity index is 1330. The molecule has 1 aliphatic rings. The second-order valence-corrected chi connectivity index (χ2v) is 9.56. The smallest absolute Gasteiger partial charge is 0.270 e. The molecule has 1 aromatic heterocycles. The predicted octanol–water partition coefficient (Wildman–Crippen LogP) is 2.86. The highest BCUT2D eigenvalue weighted by Gasteiger charge is 2.30. The van der Waals surface area contributed by atoms with Gasteiger partial charge in [-0.1, -0.05) is 18.2 Å². The lowest BCUT2D eigenvalue weighted by Gasteiger charge is -2.26. The molecule has 2 aromatic carbocycles. The molecule has 0 spiro atoms. The number of morpholine rings is 1. The average Bonchev–Trinajstić information content (AvgIpc) is 3.13. The first-order valence-electron chi connectivity index (χ1n) is 10.6. The maximum Gasteiger partial charge on any atom is 0.270 e. The van der Waals surface area contributed by atoms with Crippen molar-refractivity contribution in [3.63, 3.8) is 0 Å². The first-order valence-corrected chi connectivity index (χ1v) is 12.0. The first-order chi connectivity index (χ1) is 16.3. The Balaban J connectivity index is 1.65. The molecular formula is C22H24N6O5S. The van der Waals surface area contributed by atoms with Crippen LogP contribution in [-0.2, 0) is 14.8 Å². The Morgan fingerprint density at radius 3 is 2.53 bits per heavy atom. The molecule has 0 bridgehead atoms. The molecule has 12 heteroatoms. The molecule has 0 amide bonds. The number of nitro benzene ring substituents is 1. The normalized spacial score (nSPS) is 15.0. The molecule has 3 aromatic rings. The number of hydrogen-bond acceptors (Lipinski definition) is 8. The van der Waals surface area contributed by atoms with Crippen molar-refractivity contribution < 1.29 is 18.1 Å². The summed E-state index contributed by atoms with van der Waals surface area (Å²) in [6, 6.07) is 13.3. The van der Waals surface area contributed by atoms with Gasteiger partial charge in [-0.15, -0.1) is 0 Å². The molecule has 34 heavy (non-hydrogen) atoms. The fourth-order valence-electron chi connectivity index (χ4n) is 3.68. The summed E-state index contributed by atoms with van der Waals surface area (Å²) in [5, 5.41) is 20.1. The minimum Gasteiger partial charge on any atom is -0.379 e. The van der Waals surface area contributed by atoms with Gasteiger partial charge in [-0.3, -0.25) is 15.5 Å². The van der Waals surface area contributed by atoms with E-state index in [-0.39, 0.29) is 42.6 Å². The maximum atomic E-state index is 13.2. The highest BCUT2D eigenvalue weighted by atomic mass is 32.2. The minimum atomic E-state index is -4.00. The number of hydrogen-bond donors (Lipinski definition) is 1. The number of anilines is 1. The third kappa shape index (κ3) is 4.69. The Kier molecular flexibility index (Phi) is 6.72. The van der Waals surface area contributed by atoms with Crippen LogP contribution in [0, 0.1) is 24.0 Å². The zero-order valence-electron chi connectivity index (χ0n) is 18.7. The second kappa shape index (κ2) is 9.71. The zero-order chi connectivity index (χ0) is 24.3. The topological polar surface area (TPSA) is 132 Å². The first kappa shape index (κ1) is 23.5. The zero-order valence-corrected chi connectivity index (χ0v) is 19.5. The Hall–Kier alpha value is -3.61. The van der Waals surface area contributed by atoms with Crippen LogP contribution in [0.3, 0.4) is 0 Å². The second-order valence-electron chi connectivity index (χ2n) is 7.66. The fourth-order valence-corrected chi connectivity index (χ4v) is 5.25. The molecule has 1 fully saturated rings. The van der Waals surface area contributed by atoms with Gasteiger partial charge in [-0.2, -0.15) is 14.5 Å². The van der Waals surface area contributed by atoms with Crippen LogP contribution in [0.4, 0.5) is 11.4 Å². The number of ether oxygens (including phenoxy) is 1. The van der Waals surface area contributed by atoms with Crippen LogP contribution < -0.4 is 5.43 Å². The van der Waals surface area contributed by atoms with Crippen LogP contribution in [0.25, 0.3) is 5.69 Å². The number of aromatic nitrogens is 2. The van der Waals surface area contributed by atoms with Crippen molar-refractivity contribution in [1.29, 1.82) is 0 Å². The molecule has 0 atom stereocenters. The van der Waals surface area contributed by atoms with E-state index in [2.05, 4.69) is 15.6 Å². The molecule has 4 rings (SSSR count). The van der Waals surface area contributed by atoms with E-state index in [0.717, 1.165) is 28.7 Å². The molecule has 0 radical (unpaired) electrons. The number of nitrogens with one attached hydrogen (secondary N) is 1. The molecular weight excluding hydrogens is 460 g/mol. The standard InChI is InChI=1S/C22H24N6O5S/c1-16-20(17(2)27(25-16)18-6-4-3-5-7-18)15-23-24-21-9-8-19(28(29)30)14-22(21)34(31,32)26-10-12-33-13-11-26/h3-9,14-15,24H,10-13H2,1-2H3/b23-15+. The number of benzene rings is 2. The number of rotatable bonds is 7. The van der Waals surface area contributed by atoms with Gasteiger partial charge < -0.3 is 4.74 Å². The highest BCUT2D eigenvalue weighted by Crippen LogP contribution is 2.29. The molecule has 11 nitrogen and oxygen atoms in total. The van der Waals surface area contributed by atoms with Gasteiger partial charge in [0.25, 0.3) is 5.69 Å². The molecule has 0 saturated carbocycles. The lowest BCUT2D eigenvalue weighted by atomic mass is 10.2. The lowest BCUT2D eigenvalue weighted by molar-refractivity contribution is -0.385. The van der Waals surface area contributed by atoms with Crippen LogP contribution in [0.5, 0.6) is 0 Å². The van der Waals surface area contributed by atoms with Gasteiger partial charge in [-0.25, -0.2) is 13.1 Å². The van der Waals surface area contributed by atoms with E-state index >= 15 is 0 Å². The van der Waals surface area contributed by atoms with Crippen molar-refractivity contribution in [2.45, 2.75) is 18.7 Å². The van der Waals surface area contributed by atoms with Crippen molar-refractivity contribution in [3.8, 4) is 5.69 Å². The summed E-state index contributed by atoms with van der Waals surface area (Å²) >= 11 is 0. The summed E-state index contributed by atoms with van der Waals surface area (Å²) in [5.74, 6) is 0. The van der Waals surface area contributed by atoms with E-state index < -0.39 is 14.9 Å². The maximum absolute atomic E-state index is 13.2.